The summed E-state index contributed by atoms with van der Waals surface area (Å²) in [6, 6.07) is 9.53. The van der Waals surface area contributed by atoms with Crippen LogP contribution in [0.4, 0.5) is 0 Å². The minimum Gasteiger partial charge on any atom is -0.300 e. The van der Waals surface area contributed by atoms with Gasteiger partial charge >= 0.3 is 5.69 Å². The first-order valence-electron chi connectivity index (χ1n) is 5.17. The van der Waals surface area contributed by atoms with Gasteiger partial charge in [-0.05, 0) is 12.1 Å². The van der Waals surface area contributed by atoms with Gasteiger partial charge in [0.15, 0.2) is 16.3 Å². The van der Waals surface area contributed by atoms with Gasteiger partial charge in [-0.25, -0.2) is 9.78 Å². The Hall–Kier alpha value is -2.28. The van der Waals surface area contributed by atoms with Crippen LogP contribution in [0.1, 0.15) is 0 Å². The molecule has 0 saturated heterocycles. The molecule has 2 aromatic heterocycles. The highest BCUT2D eigenvalue weighted by atomic mass is 32.2. The third-order valence-electron chi connectivity index (χ3n) is 2.33. The van der Waals surface area contributed by atoms with E-state index in [9.17, 15) is 9.59 Å². The normalized spacial score (nSPS) is 10.9. The summed E-state index contributed by atoms with van der Waals surface area (Å²) in [6.07, 6.45) is 0. The van der Waals surface area contributed by atoms with Crippen molar-refractivity contribution in [2.24, 2.45) is 0 Å². The maximum Gasteiger partial charge on any atom is 0.325 e. The third-order valence-corrected chi connectivity index (χ3v) is 3.22. The van der Waals surface area contributed by atoms with Crippen molar-refractivity contribution in [3.05, 3.63) is 51.2 Å². The summed E-state index contributed by atoms with van der Waals surface area (Å²) >= 11 is 1.32. The molecule has 0 radical (unpaired) electrons. The minimum atomic E-state index is -0.440. The second-order valence-corrected chi connectivity index (χ2v) is 4.65. The molecule has 18 heavy (non-hydrogen) atoms. The molecule has 0 unspecified atom stereocenters. The van der Waals surface area contributed by atoms with Crippen LogP contribution < -0.4 is 11.2 Å². The molecule has 2 heterocycles. The molecule has 0 amide bonds. The van der Waals surface area contributed by atoms with Crippen molar-refractivity contribution in [1.29, 1.82) is 0 Å². The fraction of sp³-hybridized carbons (Fsp3) is 0. The number of H-pyrrole nitrogens is 3. The Morgan fingerprint density at radius 1 is 1.00 bits per heavy atom. The number of fused-ring (bicyclic) bond motifs is 1. The predicted octanol–water partition coefficient (Wildman–Crippen LogP) is 1.09. The van der Waals surface area contributed by atoms with Crippen molar-refractivity contribution >= 4 is 22.9 Å². The van der Waals surface area contributed by atoms with Crippen molar-refractivity contribution in [1.82, 2.24) is 19.9 Å². The first-order valence-corrected chi connectivity index (χ1v) is 5.99. The van der Waals surface area contributed by atoms with Gasteiger partial charge in [-0.2, -0.15) is 0 Å². The van der Waals surface area contributed by atoms with Crippen molar-refractivity contribution in [2.45, 2.75) is 10.1 Å². The Bertz CT molecular complexity index is 803. The highest BCUT2D eigenvalue weighted by molar-refractivity contribution is 7.99. The largest absolute Gasteiger partial charge is 0.325 e. The Morgan fingerprint density at radius 3 is 2.56 bits per heavy atom. The van der Waals surface area contributed by atoms with E-state index in [-0.39, 0.29) is 16.7 Å². The molecule has 90 valence electrons. The van der Waals surface area contributed by atoms with E-state index in [1.165, 1.54) is 11.8 Å². The minimum absolute atomic E-state index is 0.164. The Balaban J connectivity index is 2.08. The predicted molar refractivity (Wildman–Crippen MR) is 67.9 cm³/mol. The number of benzene rings is 1. The van der Waals surface area contributed by atoms with E-state index in [1.54, 1.807) is 0 Å². The van der Waals surface area contributed by atoms with Gasteiger partial charge in [-0.1, -0.05) is 30.0 Å². The lowest BCUT2D eigenvalue weighted by molar-refractivity contribution is 0.965. The van der Waals surface area contributed by atoms with E-state index >= 15 is 0 Å². The number of rotatable bonds is 2. The molecule has 1 aromatic carbocycles. The topological polar surface area (TPSA) is 94.4 Å². The van der Waals surface area contributed by atoms with Crippen molar-refractivity contribution in [3.8, 4) is 0 Å². The highest BCUT2D eigenvalue weighted by Gasteiger charge is 2.07. The smallest absolute Gasteiger partial charge is 0.300 e. The van der Waals surface area contributed by atoms with Gasteiger partial charge in [0.05, 0.1) is 0 Å². The number of nitrogens with one attached hydrogen (secondary N) is 3. The second-order valence-electron chi connectivity index (χ2n) is 3.59. The number of hydrogen-bond acceptors (Lipinski definition) is 4. The summed E-state index contributed by atoms with van der Waals surface area (Å²) in [5.41, 5.74) is -0.374. The molecule has 3 aromatic rings. The third kappa shape index (κ3) is 1.95. The summed E-state index contributed by atoms with van der Waals surface area (Å²) in [7, 11) is 0. The molecule has 0 fully saturated rings. The van der Waals surface area contributed by atoms with Crippen LogP contribution in [0.2, 0.25) is 0 Å². The SMILES string of the molecule is O=c1[nH]c2nc(Sc3ccccc3)[nH]c(=O)c2[nH]1. The molecule has 0 atom stereocenters. The van der Waals surface area contributed by atoms with Crippen LogP contribution in [-0.2, 0) is 0 Å². The fourth-order valence-corrected chi connectivity index (χ4v) is 2.36. The number of aromatic amines is 3. The molecule has 0 saturated carbocycles. The molecule has 0 spiro atoms. The maximum atomic E-state index is 11.7. The van der Waals surface area contributed by atoms with Gasteiger partial charge in [0.2, 0.25) is 0 Å². The average molecular weight is 260 g/mol. The lowest BCUT2D eigenvalue weighted by Crippen LogP contribution is -2.09. The molecule has 0 aliphatic carbocycles. The summed E-state index contributed by atoms with van der Waals surface area (Å²) < 4.78 is 0. The Kier molecular flexibility index (Phi) is 2.52. The zero-order valence-corrected chi connectivity index (χ0v) is 9.88. The van der Waals surface area contributed by atoms with Gasteiger partial charge in [-0.15, -0.1) is 0 Å². The van der Waals surface area contributed by atoms with Gasteiger partial charge in [0.1, 0.15) is 0 Å². The summed E-state index contributed by atoms with van der Waals surface area (Å²) in [4.78, 5) is 35.4. The molecule has 0 aliphatic heterocycles. The average Bonchev–Trinajstić information content (AvgIpc) is 2.72. The Morgan fingerprint density at radius 2 is 1.78 bits per heavy atom. The molecule has 3 N–H and O–H groups in total. The molecule has 0 aliphatic rings. The molecule has 0 bridgehead atoms. The second kappa shape index (κ2) is 4.19. The van der Waals surface area contributed by atoms with Crippen molar-refractivity contribution < 1.29 is 0 Å². The quantitative estimate of drug-likeness (QED) is 0.601. The van der Waals surface area contributed by atoms with Crippen LogP contribution in [0, 0.1) is 0 Å². The molecule has 3 rings (SSSR count). The van der Waals surface area contributed by atoms with Crippen LogP contribution in [0.3, 0.4) is 0 Å². The van der Waals surface area contributed by atoms with Crippen LogP contribution in [0.25, 0.3) is 11.2 Å². The molecular formula is C11H8N4O2S. The van der Waals surface area contributed by atoms with E-state index < -0.39 is 5.69 Å². The highest BCUT2D eigenvalue weighted by Crippen LogP contribution is 2.23. The molecular weight excluding hydrogens is 252 g/mol. The number of aromatic nitrogens is 4. The fourth-order valence-electron chi connectivity index (χ4n) is 1.56. The lowest BCUT2D eigenvalue weighted by Gasteiger charge is -1.99. The summed E-state index contributed by atoms with van der Waals surface area (Å²) in [6.45, 7) is 0. The van der Waals surface area contributed by atoms with Gasteiger partial charge in [0.25, 0.3) is 5.56 Å². The summed E-state index contributed by atoms with van der Waals surface area (Å²) in [5.74, 6) is 0. The zero-order valence-electron chi connectivity index (χ0n) is 9.06. The zero-order chi connectivity index (χ0) is 12.5. The van der Waals surface area contributed by atoms with Crippen molar-refractivity contribution in [3.63, 3.8) is 0 Å². The van der Waals surface area contributed by atoms with E-state index in [2.05, 4.69) is 19.9 Å². The Labute approximate surface area is 104 Å². The van der Waals surface area contributed by atoms with E-state index in [4.69, 9.17) is 0 Å². The first kappa shape index (κ1) is 10.8. The van der Waals surface area contributed by atoms with Gasteiger partial charge in [0, 0.05) is 4.90 Å². The number of hydrogen-bond donors (Lipinski definition) is 3. The monoisotopic (exact) mass is 260 g/mol. The standard InChI is InChI=1S/C11H8N4O2S/c16-9-7-8(13-10(17)12-7)14-11(15-9)18-6-4-2-1-3-5-6/h1-5H,(H3,12,13,14,15,16,17). The van der Waals surface area contributed by atoms with Crippen molar-refractivity contribution in [2.75, 3.05) is 0 Å². The van der Waals surface area contributed by atoms with Crippen LogP contribution in [-0.4, -0.2) is 19.9 Å². The van der Waals surface area contributed by atoms with Crippen LogP contribution in [0.5, 0.6) is 0 Å². The van der Waals surface area contributed by atoms with Crippen LogP contribution >= 0.6 is 11.8 Å². The first-order chi connectivity index (χ1) is 8.72. The maximum absolute atomic E-state index is 11.7. The van der Waals surface area contributed by atoms with E-state index in [1.807, 2.05) is 30.3 Å². The van der Waals surface area contributed by atoms with Gasteiger partial charge in [-0.3, -0.25) is 19.7 Å². The molecule has 7 heteroatoms. The lowest BCUT2D eigenvalue weighted by atomic mass is 10.4. The number of nitrogens with zero attached hydrogens (tertiary/aromatic N) is 1. The molecule has 6 nitrogen and oxygen atoms in total. The number of imidazole rings is 1. The summed E-state index contributed by atoms with van der Waals surface area (Å²) in [5, 5.41) is 0.439. The van der Waals surface area contributed by atoms with E-state index in [0.29, 0.717) is 5.16 Å². The van der Waals surface area contributed by atoms with Gasteiger partial charge < -0.3 is 0 Å². The van der Waals surface area contributed by atoms with E-state index in [0.717, 1.165) is 4.90 Å². The van der Waals surface area contributed by atoms with Crippen LogP contribution in [0.15, 0.2) is 50.0 Å².